The SMILES string of the molecule is O=C(NC(=S)Nc1ccc(N2CCN(C(=O)c3cccs3)CC2)c(Cl)c1)c1ccc2c(c1)OCO2. The fourth-order valence-electron chi connectivity index (χ4n) is 3.92. The van der Waals surface area contributed by atoms with E-state index in [0.29, 0.717) is 54.0 Å². The molecule has 0 saturated carbocycles. The molecule has 1 aromatic heterocycles. The van der Waals surface area contributed by atoms with Crippen LogP contribution in [0.1, 0.15) is 20.0 Å². The van der Waals surface area contributed by atoms with E-state index in [1.807, 2.05) is 34.5 Å². The minimum atomic E-state index is -0.363. The standard InChI is InChI=1S/C24H21ClN4O4S2/c25-17-13-16(26-24(34)27-22(30)15-3-6-19-20(12-15)33-14-32-19)4-5-18(17)28-7-9-29(10-8-28)23(31)21-2-1-11-35-21/h1-6,11-13H,7-10,14H2,(H2,26,27,30,34). The van der Waals surface area contributed by atoms with Crippen molar-refractivity contribution in [2.45, 2.75) is 0 Å². The first-order valence-corrected chi connectivity index (χ1v) is 12.5. The third-order valence-electron chi connectivity index (χ3n) is 5.71. The number of rotatable bonds is 4. The Hall–Kier alpha value is -3.34. The quantitative estimate of drug-likeness (QED) is 0.491. The van der Waals surface area contributed by atoms with Gasteiger partial charge in [0, 0.05) is 37.4 Å². The second-order valence-electron chi connectivity index (χ2n) is 7.90. The van der Waals surface area contributed by atoms with Gasteiger partial charge in [0.25, 0.3) is 11.8 Å². The number of amides is 2. The molecule has 1 fully saturated rings. The number of piperazine rings is 1. The molecule has 1 saturated heterocycles. The summed E-state index contributed by atoms with van der Waals surface area (Å²) < 4.78 is 10.6. The van der Waals surface area contributed by atoms with Crippen LogP contribution in [0.2, 0.25) is 5.02 Å². The van der Waals surface area contributed by atoms with Gasteiger partial charge in [-0.1, -0.05) is 17.7 Å². The molecular formula is C24H21ClN4O4S2. The minimum absolute atomic E-state index is 0.0709. The van der Waals surface area contributed by atoms with E-state index in [0.717, 1.165) is 10.6 Å². The lowest BCUT2D eigenvalue weighted by molar-refractivity contribution is 0.0751. The van der Waals surface area contributed by atoms with Crippen LogP contribution in [0.3, 0.4) is 0 Å². The van der Waals surface area contributed by atoms with E-state index in [1.54, 1.807) is 24.3 Å². The van der Waals surface area contributed by atoms with Crippen molar-refractivity contribution < 1.29 is 19.1 Å². The molecule has 0 atom stereocenters. The maximum atomic E-state index is 12.6. The van der Waals surface area contributed by atoms with Crippen molar-refractivity contribution in [2.75, 3.05) is 43.2 Å². The van der Waals surface area contributed by atoms with Crippen molar-refractivity contribution >= 4 is 63.5 Å². The van der Waals surface area contributed by atoms with Gasteiger partial charge in [0.1, 0.15) is 0 Å². The summed E-state index contributed by atoms with van der Waals surface area (Å²) in [5, 5.41) is 8.26. The van der Waals surface area contributed by atoms with Gasteiger partial charge in [-0.2, -0.15) is 0 Å². The number of hydrogen-bond acceptors (Lipinski definition) is 7. The second-order valence-corrected chi connectivity index (χ2v) is 9.66. The molecule has 8 nitrogen and oxygen atoms in total. The van der Waals surface area contributed by atoms with Crippen molar-refractivity contribution in [2.24, 2.45) is 0 Å². The van der Waals surface area contributed by atoms with Gasteiger partial charge in [-0.3, -0.25) is 14.9 Å². The largest absolute Gasteiger partial charge is 0.454 e. The van der Waals surface area contributed by atoms with Gasteiger partial charge in [0.05, 0.1) is 15.6 Å². The lowest BCUT2D eigenvalue weighted by atomic mass is 10.2. The van der Waals surface area contributed by atoms with Crippen LogP contribution in [0.4, 0.5) is 11.4 Å². The first kappa shape index (κ1) is 23.4. The lowest BCUT2D eigenvalue weighted by Crippen LogP contribution is -2.48. The predicted octanol–water partition coefficient (Wildman–Crippen LogP) is 4.22. The Bertz CT molecular complexity index is 1280. The van der Waals surface area contributed by atoms with Gasteiger partial charge < -0.3 is 24.6 Å². The Morgan fingerprint density at radius 2 is 1.80 bits per heavy atom. The molecule has 3 aromatic rings. The molecule has 3 heterocycles. The number of anilines is 2. The lowest BCUT2D eigenvalue weighted by Gasteiger charge is -2.36. The predicted molar refractivity (Wildman–Crippen MR) is 140 cm³/mol. The smallest absolute Gasteiger partial charge is 0.264 e. The summed E-state index contributed by atoms with van der Waals surface area (Å²) in [6.45, 7) is 2.77. The summed E-state index contributed by atoms with van der Waals surface area (Å²) >= 11 is 13.3. The summed E-state index contributed by atoms with van der Waals surface area (Å²) in [6.07, 6.45) is 0. The molecule has 2 aliphatic rings. The first-order valence-electron chi connectivity index (χ1n) is 10.9. The van der Waals surface area contributed by atoms with Gasteiger partial charge in [0.15, 0.2) is 16.6 Å². The van der Waals surface area contributed by atoms with Crippen LogP contribution in [0.5, 0.6) is 11.5 Å². The Labute approximate surface area is 216 Å². The van der Waals surface area contributed by atoms with E-state index in [2.05, 4.69) is 15.5 Å². The van der Waals surface area contributed by atoms with Gasteiger partial charge in [0.2, 0.25) is 6.79 Å². The van der Waals surface area contributed by atoms with Crippen molar-refractivity contribution in [1.29, 1.82) is 0 Å². The average Bonchev–Trinajstić information content (AvgIpc) is 3.55. The highest BCUT2D eigenvalue weighted by Gasteiger charge is 2.24. The molecule has 0 unspecified atom stereocenters. The molecule has 2 N–H and O–H groups in total. The van der Waals surface area contributed by atoms with Crippen molar-refractivity contribution in [3.8, 4) is 11.5 Å². The summed E-state index contributed by atoms with van der Waals surface area (Å²) in [4.78, 5) is 29.9. The third kappa shape index (κ3) is 5.19. The molecule has 0 aliphatic carbocycles. The maximum Gasteiger partial charge on any atom is 0.264 e. The fraction of sp³-hybridized carbons (Fsp3) is 0.208. The number of benzene rings is 2. The van der Waals surface area contributed by atoms with Gasteiger partial charge >= 0.3 is 0 Å². The van der Waals surface area contributed by atoms with E-state index < -0.39 is 0 Å². The summed E-state index contributed by atoms with van der Waals surface area (Å²) in [6, 6.07) is 14.2. The molecular weight excluding hydrogens is 508 g/mol. The van der Waals surface area contributed by atoms with E-state index in [4.69, 9.17) is 33.3 Å². The maximum absolute atomic E-state index is 12.6. The average molecular weight is 529 g/mol. The summed E-state index contributed by atoms with van der Waals surface area (Å²) in [5.41, 5.74) is 1.94. The highest BCUT2D eigenvalue weighted by molar-refractivity contribution is 7.80. The molecule has 180 valence electrons. The van der Waals surface area contributed by atoms with Crippen LogP contribution in [-0.4, -0.2) is 54.8 Å². The molecule has 2 amide bonds. The first-order chi connectivity index (χ1) is 17.0. The molecule has 2 aliphatic heterocycles. The number of thiophene rings is 1. The van der Waals surface area contributed by atoms with E-state index in [-0.39, 0.29) is 23.7 Å². The Kier molecular flexibility index (Phi) is 6.76. The molecule has 0 spiro atoms. The zero-order valence-electron chi connectivity index (χ0n) is 18.5. The van der Waals surface area contributed by atoms with Crippen LogP contribution in [-0.2, 0) is 0 Å². The minimum Gasteiger partial charge on any atom is -0.454 e. The second kappa shape index (κ2) is 10.1. The molecule has 0 bridgehead atoms. The zero-order valence-corrected chi connectivity index (χ0v) is 20.8. The molecule has 0 radical (unpaired) electrons. The Morgan fingerprint density at radius 1 is 1.00 bits per heavy atom. The fourth-order valence-corrected chi connectivity index (χ4v) is 5.12. The Balaban J connectivity index is 1.16. The molecule has 35 heavy (non-hydrogen) atoms. The van der Waals surface area contributed by atoms with Crippen LogP contribution < -0.4 is 25.0 Å². The molecule has 2 aromatic carbocycles. The topological polar surface area (TPSA) is 83.1 Å². The van der Waals surface area contributed by atoms with Gasteiger partial charge in [-0.05, 0) is 60.1 Å². The van der Waals surface area contributed by atoms with Crippen molar-refractivity contribution in [1.82, 2.24) is 10.2 Å². The molecule has 5 rings (SSSR count). The van der Waals surface area contributed by atoms with Crippen molar-refractivity contribution in [3.63, 3.8) is 0 Å². The number of thiocarbonyl (C=S) groups is 1. The van der Waals surface area contributed by atoms with Crippen molar-refractivity contribution in [3.05, 3.63) is 69.4 Å². The van der Waals surface area contributed by atoms with Crippen LogP contribution in [0.15, 0.2) is 53.9 Å². The number of carbonyl (C=O) groups is 2. The number of fused-ring (bicyclic) bond motifs is 1. The van der Waals surface area contributed by atoms with E-state index in [1.165, 1.54) is 11.3 Å². The van der Waals surface area contributed by atoms with Crippen LogP contribution >= 0.6 is 35.2 Å². The van der Waals surface area contributed by atoms with Crippen LogP contribution in [0, 0.1) is 0 Å². The molecule has 11 heteroatoms. The van der Waals surface area contributed by atoms with Gasteiger partial charge in [-0.25, -0.2) is 0 Å². The summed E-state index contributed by atoms with van der Waals surface area (Å²) in [5.74, 6) is 0.836. The Morgan fingerprint density at radius 3 is 2.54 bits per heavy atom. The number of halogens is 1. The van der Waals surface area contributed by atoms with Gasteiger partial charge in [-0.15, -0.1) is 11.3 Å². The zero-order chi connectivity index (χ0) is 24.4. The van der Waals surface area contributed by atoms with Crippen LogP contribution in [0.25, 0.3) is 0 Å². The van der Waals surface area contributed by atoms with E-state index in [9.17, 15) is 9.59 Å². The third-order valence-corrected chi connectivity index (χ3v) is 7.07. The normalized spacial score (nSPS) is 14.5. The highest BCUT2D eigenvalue weighted by Crippen LogP contribution is 2.33. The number of carbonyl (C=O) groups excluding carboxylic acids is 2. The number of hydrogen-bond donors (Lipinski definition) is 2. The highest BCUT2D eigenvalue weighted by atomic mass is 35.5. The monoisotopic (exact) mass is 528 g/mol. The van der Waals surface area contributed by atoms with E-state index >= 15 is 0 Å². The number of nitrogens with one attached hydrogen (secondary N) is 2. The summed E-state index contributed by atoms with van der Waals surface area (Å²) in [7, 11) is 0. The number of nitrogens with zero attached hydrogens (tertiary/aromatic N) is 2. The number of ether oxygens (including phenoxy) is 2.